The van der Waals surface area contributed by atoms with E-state index in [-0.39, 0.29) is 11.2 Å². The summed E-state index contributed by atoms with van der Waals surface area (Å²) < 4.78 is 2.93. The van der Waals surface area contributed by atoms with Crippen molar-refractivity contribution in [3.63, 3.8) is 0 Å². The number of hydrogen-bond donors (Lipinski definition) is 1. The first-order valence-electron chi connectivity index (χ1n) is 4.31. The molecule has 0 aliphatic rings. The molecule has 0 aromatic carbocycles. The minimum absolute atomic E-state index is 0.320. The molecular weight excluding hydrogens is 214 g/mol. The Kier molecular flexibility index (Phi) is 2.08. The minimum atomic E-state index is -0.371. The Morgan fingerprint density at radius 3 is 2.53 bits per heavy atom. The Morgan fingerprint density at radius 1 is 1.20 bits per heavy atom. The average molecular weight is 223 g/mol. The first-order chi connectivity index (χ1) is 7.02. The normalized spacial score (nSPS) is 10.8. The SMILES string of the molecule is Cn1c(=O)c2ccc(=S)[nH]c2n(C)c1=O. The van der Waals surface area contributed by atoms with Gasteiger partial charge in [0.1, 0.15) is 10.3 Å². The molecule has 2 aromatic rings. The number of nitrogens with one attached hydrogen (secondary N) is 1. The zero-order valence-corrected chi connectivity index (χ0v) is 9.09. The maximum Gasteiger partial charge on any atom is 0.332 e. The Labute approximate surface area is 89.6 Å². The van der Waals surface area contributed by atoms with Crippen molar-refractivity contribution in [2.75, 3.05) is 0 Å². The molecule has 6 heteroatoms. The molecule has 0 atom stereocenters. The summed E-state index contributed by atoms with van der Waals surface area (Å²) in [5.41, 5.74) is -0.237. The number of aryl methyl sites for hydroxylation is 1. The lowest BCUT2D eigenvalue weighted by molar-refractivity contribution is 0.707. The van der Waals surface area contributed by atoms with Crippen molar-refractivity contribution in [2.24, 2.45) is 14.1 Å². The molecule has 0 aliphatic carbocycles. The number of nitrogens with zero attached hydrogens (tertiary/aromatic N) is 2. The van der Waals surface area contributed by atoms with E-state index in [1.165, 1.54) is 11.6 Å². The Morgan fingerprint density at radius 2 is 1.87 bits per heavy atom. The molecule has 78 valence electrons. The van der Waals surface area contributed by atoms with Gasteiger partial charge in [-0.2, -0.15) is 0 Å². The predicted molar refractivity (Wildman–Crippen MR) is 59.6 cm³/mol. The van der Waals surface area contributed by atoms with Gasteiger partial charge in [0, 0.05) is 14.1 Å². The van der Waals surface area contributed by atoms with E-state index in [2.05, 4.69) is 4.98 Å². The molecule has 0 amide bonds. The van der Waals surface area contributed by atoms with Crippen molar-refractivity contribution < 1.29 is 0 Å². The zero-order chi connectivity index (χ0) is 11.2. The summed E-state index contributed by atoms with van der Waals surface area (Å²) in [5, 5.41) is 0.452. The van der Waals surface area contributed by atoms with Gasteiger partial charge in [-0.05, 0) is 12.1 Å². The van der Waals surface area contributed by atoms with Crippen LogP contribution >= 0.6 is 12.2 Å². The lowest BCUT2D eigenvalue weighted by atomic mass is 10.3. The largest absolute Gasteiger partial charge is 0.332 e. The number of fused-ring (bicyclic) bond motifs is 1. The van der Waals surface area contributed by atoms with E-state index in [9.17, 15) is 9.59 Å². The quantitative estimate of drug-likeness (QED) is 0.653. The van der Waals surface area contributed by atoms with E-state index < -0.39 is 0 Å². The maximum absolute atomic E-state index is 11.7. The summed E-state index contributed by atoms with van der Waals surface area (Å²) in [4.78, 5) is 26.1. The summed E-state index contributed by atoms with van der Waals surface area (Å²) in [6, 6.07) is 3.25. The van der Waals surface area contributed by atoms with E-state index in [1.807, 2.05) is 0 Å². The van der Waals surface area contributed by atoms with Crippen molar-refractivity contribution in [3.8, 4) is 0 Å². The van der Waals surface area contributed by atoms with E-state index in [0.29, 0.717) is 15.7 Å². The Balaban J connectivity index is 3.22. The van der Waals surface area contributed by atoms with Crippen molar-refractivity contribution in [1.29, 1.82) is 0 Å². The first kappa shape index (κ1) is 9.85. The molecule has 0 fully saturated rings. The standard InChI is InChI=1S/C9H9N3O2S/c1-11-7-5(3-4-6(15)10-7)8(13)12(2)9(11)14/h3-4H,1-2H3,(H,10,15). The van der Waals surface area contributed by atoms with Crippen LogP contribution < -0.4 is 11.2 Å². The second kappa shape index (κ2) is 3.16. The molecule has 15 heavy (non-hydrogen) atoms. The van der Waals surface area contributed by atoms with Crippen molar-refractivity contribution in [3.05, 3.63) is 37.6 Å². The molecule has 0 aliphatic heterocycles. The van der Waals surface area contributed by atoms with Gasteiger partial charge in [-0.1, -0.05) is 12.2 Å². The molecule has 0 radical (unpaired) electrons. The average Bonchev–Trinajstić information content (AvgIpc) is 2.23. The number of pyridine rings is 1. The van der Waals surface area contributed by atoms with Gasteiger partial charge >= 0.3 is 5.69 Å². The zero-order valence-electron chi connectivity index (χ0n) is 8.27. The van der Waals surface area contributed by atoms with Crippen LogP contribution in [0.4, 0.5) is 0 Å². The molecule has 0 unspecified atom stereocenters. The van der Waals surface area contributed by atoms with E-state index in [1.54, 1.807) is 19.2 Å². The number of aromatic amines is 1. The van der Waals surface area contributed by atoms with E-state index in [4.69, 9.17) is 12.2 Å². The fraction of sp³-hybridized carbons (Fsp3) is 0.222. The molecular formula is C9H9N3O2S. The summed E-state index contributed by atoms with van der Waals surface area (Å²) in [5.74, 6) is 0. The smallest absolute Gasteiger partial charge is 0.332 e. The van der Waals surface area contributed by atoms with Gasteiger partial charge in [0.2, 0.25) is 0 Å². The minimum Gasteiger partial charge on any atom is -0.332 e. The molecule has 0 spiro atoms. The van der Waals surface area contributed by atoms with Crippen LogP contribution in [0.1, 0.15) is 0 Å². The van der Waals surface area contributed by atoms with Crippen molar-refractivity contribution in [2.45, 2.75) is 0 Å². The van der Waals surface area contributed by atoms with Crippen LogP contribution in [0.3, 0.4) is 0 Å². The fourth-order valence-corrected chi connectivity index (χ4v) is 1.65. The molecule has 5 nitrogen and oxygen atoms in total. The van der Waals surface area contributed by atoms with Crippen LogP contribution in [0, 0.1) is 4.64 Å². The third-order valence-electron chi connectivity index (χ3n) is 2.34. The lowest BCUT2D eigenvalue weighted by Crippen LogP contribution is -2.37. The highest BCUT2D eigenvalue weighted by molar-refractivity contribution is 7.71. The summed E-state index contributed by atoms with van der Waals surface area (Å²) in [6.07, 6.45) is 0. The first-order valence-corrected chi connectivity index (χ1v) is 4.72. The highest BCUT2D eigenvalue weighted by Gasteiger charge is 2.07. The molecule has 1 N–H and O–H groups in total. The molecule has 0 saturated carbocycles. The molecule has 2 aromatic heterocycles. The van der Waals surface area contributed by atoms with Gasteiger partial charge in [-0.3, -0.25) is 13.9 Å². The monoisotopic (exact) mass is 223 g/mol. The second-order valence-electron chi connectivity index (χ2n) is 3.29. The number of H-pyrrole nitrogens is 1. The topological polar surface area (TPSA) is 59.8 Å². The van der Waals surface area contributed by atoms with Gasteiger partial charge in [0.05, 0.1) is 5.39 Å². The Hall–Kier alpha value is -1.69. The van der Waals surface area contributed by atoms with Crippen molar-refractivity contribution >= 4 is 23.3 Å². The van der Waals surface area contributed by atoms with Gasteiger partial charge in [-0.15, -0.1) is 0 Å². The lowest BCUT2D eigenvalue weighted by Gasteiger charge is -2.06. The third-order valence-corrected chi connectivity index (χ3v) is 2.58. The Bertz CT molecular complexity index is 708. The van der Waals surface area contributed by atoms with E-state index >= 15 is 0 Å². The molecule has 2 rings (SSSR count). The van der Waals surface area contributed by atoms with Crippen LogP contribution in [0.2, 0.25) is 0 Å². The van der Waals surface area contributed by atoms with Gasteiger partial charge in [-0.25, -0.2) is 4.79 Å². The number of rotatable bonds is 0. The van der Waals surface area contributed by atoms with Gasteiger partial charge in [0.15, 0.2) is 0 Å². The summed E-state index contributed by atoms with van der Waals surface area (Å²) in [7, 11) is 3.04. The number of aromatic nitrogens is 3. The van der Waals surface area contributed by atoms with Crippen LogP contribution in [0.15, 0.2) is 21.7 Å². The van der Waals surface area contributed by atoms with Gasteiger partial charge < -0.3 is 4.98 Å². The van der Waals surface area contributed by atoms with E-state index in [0.717, 1.165) is 4.57 Å². The second-order valence-corrected chi connectivity index (χ2v) is 3.73. The highest BCUT2D eigenvalue weighted by Crippen LogP contribution is 2.02. The van der Waals surface area contributed by atoms with Crippen LogP contribution in [-0.2, 0) is 14.1 Å². The maximum atomic E-state index is 11.7. The fourth-order valence-electron chi connectivity index (χ4n) is 1.49. The van der Waals surface area contributed by atoms with Crippen molar-refractivity contribution in [1.82, 2.24) is 14.1 Å². The summed E-state index contributed by atoms with van der Waals surface area (Å²) in [6.45, 7) is 0. The summed E-state index contributed by atoms with van der Waals surface area (Å²) >= 11 is 4.94. The molecule has 0 bridgehead atoms. The number of hydrogen-bond acceptors (Lipinski definition) is 3. The molecule has 2 heterocycles. The van der Waals surface area contributed by atoms with Crippen LogP contribution in [-0.4, -0.2) is 14.1 Å². The van der Waals surface area contributed by atoms with Crippen LogP contribution in [0.5, 0.6) is 0 Å². The van der Waals surface area contributed by atoms with Gasteiger partial charge in [0.25, 0.3) is 5.56 Å². The highest BCUT2D eigenvalue weighted by atomic mass is 32.1. The molecule has 0 saturated heterocycles. The third kappa shape index (κ3) is 1.33. The predicted octanol–water partition coefficient (Wildman–Crippen LogP) is 0.295. The van der Waals surface area contributed by atoms with Crippen LogP contribution in [0.25, 0.3) is 11.0 Å².